The van der Waals surface area contributed by atoms with E-state index in [1.165, 1.54) is 24.3 Å². The van der Waals surface area contributed by atoms with E-state index in [2.05, 4.69) is 5.32 Å². The van der Waals surface area contributed by atoms with Crippen molar-refractivity contribution in [2.24, 2.45) is 0 Å². The van der Waals surface area contributed by atoms with Gasteiger partial charge in [-0.2, -0.15) is 0 Å². The zero-order valence-electron chi connectivity index (χ0n) is 17.9. The van der Waals surface area contributed by atoms with Crippen molar-refractivity contribution in [3.63, 3.8) is 0 Å². The number of nitrogens with zero attached hydrogens (tertiary/aromatic N) is 1. The number of nitrogens with one attached hydrogen (secondary N) is 1. The minimum Gasteiger partial charge on any atom is -0.457 e. The molecule has 0 aliphatic rings. The van der Waals surface area contributed by atoms with Gasteiger partial charge in [0.2, 0.25) is 0 Å². The number of hydrogen-bond acceptors (Lipinski definition) is 4. The van der Waals surface area contributed by atoms with Crippen molar-refractivity contribution in [2.45, 2.75) is 0 Å². The lowest BCUT2D eigenvalue weighted by molar-refractivity contribution is 0.102. The van der Waals surface area contributed by atoms with Crippen LogP contribution < -0.4 is 10.1 Å². The van der Waals surface area contributed by atoms with Gasteiger partial charge in [-0.05, 0) is 54.6 Å². The first-order valence-electron chi connectivity index (χ1n) is 10.6. The fourth-order valence-electron chi connectivity index (χ4n) is 3.42. The van der Waals surface area contributed by atoms with Crippen molar-refractivity contribution < 1.29 is 13.9 Å². The van der Waals surface area contributed by atoms with E-state index in [0.29, 0.717) is 22.7 Å². The van der Waals surface area contributed by atoms with E-state index < -0.39 is 0 Å². The van der Waals surface area contributed by atoms with Crippen LogP contribution in [-0.4, -0.2) is 10.9 Å². The summed E-state index contributed by atoms with van der Waals surface area (Å²) >= 11 is 1.58. The molecule has 1 amide bonds. The van der Waals surface area contributed by atoms with E-state index in [1.54, 1.807) is 35.6 Å². The Morgan fingerprint density at radius 1 is 0.794 bits per heavy atom. The Hall–Kier alpha value is -4.29. The van der Waals surface area contributed by atoms with E-state index >= 15 is 0 Å². The summed E-state index contributed by atoms with van der Waals surface area (Å²) in [6, 6.07) is 30.2. The minimum absolute atomic E-state index is 0.259. The van der Waals surface area contributed by atoms with Crippen LogP contribution in [0.2, 0.25) is 0 Å². The number of hydrogen-bond donors (Lipinski definition) is 1. The number of anilines is 1. The lowest BCUT2D eigenvalue weighted by Crippen LogP contribution is -2.11. The van der Waals surface area contributed by atoms with Crippen molar-refractivity contribution in [1.29, 1.82) is 0 Å². The first kappa shape index (κ1) is 21.6. The van der Waals surface area contributed by atoms with Crippen LogP contribution in [0, 0.1) is 5.82 Å². The topological polar surface area (TPSA) is 51.2 Å². The summed E-state index contributed by atoms with van der Waals surface area (Å²) < 4.78 is 18.8. The summed E-state index contributed by atoms with van der Waals surface area (Å²) in [6.45, 7) is 0. The van der Waals surface area contributed by atoms with Gasteiger partial charge in [0.15, 0.2) is 0 Å². The largest absolute Gasteiger partial charge is 0.457 e. The number of rotatable bonds is 6. The van der Waals surface area contributed by atoms with Gasteiger partial charge < -0.3 is 10.1 Å². The second kappa shape index (κ2) is 9.68. The fourth-order valence-corrected chi connectivity index (χ4v) is 4.25. The number of amides is 1. The summed E-state index contributed by atoms with van der Waals surface area (Å²) in [5, 5.41) is 5.90. The third-order valence-electron chi connectivity index (χ3n) is 5.09. The number of halogens is 1. The lowest BCUT2D eigenvalue weighted by atomic mass is 10.1. The summed E-state index contributed by atoms with van der Waals surface area (Å²) in [7, 11) is 0. The van der Waals surface area contributed by atoms with Gasteiger partial charge in [-0.15, -0.1) is 11.3 Å². The van der Waals surface area contributed by atoms with Gasteiger partial charge in [0.05, 0.1) is 5.69 Å². The molecule has 0 fully saturated rings. The highest BCUT2D eigenvalue weighted by Crippen LogP contribution is 2.30. The van der Waals surface area contributed by atoms with Gasteiger partial charge in [0, 0.05) is 27.8 Å². The predicted molar refractivity (Wildman–Crippen MR) is 134 cm³/mol. The molecule has 6 heteroatoms. The Morgan fingerprint density at radius 2 is 1.56 bits per heavy atom. The van der Waals surface area contributed by atoms with Gasteiger partial charge in [-0.3, -0.25) is 4.79 Å². The van der Waals surface area contributed by atoms with E-state index in [-0.39, 0.29) is 11.7 Å². The van der Waals surface area contributed by atoms with Crippen LogP contribution in [0.5, 0.6) is 11.5 Å². The molecule has 5 aromatic rings. The molecule has 166 valence electrons. The van der Waals surface area contributed by atoms with Crippen LogP contribution in [0.3, 0.4) is 0 Å². The molecule has 4 aromatic carbocycles. The molecular weight excluding hydrogens is 447 g/mol. The second-order valence-corrected chi connectivity index (χ2v) is 8.38. The van der Waals surface area contributed by atoms with Crippen LogP contribution >= 0.6 is 11.3 Å². The molecule has 5 rings (SSSR count). The smallest absolute Gasteiger partial charge is 0.255 e. The maximum absolute atomic E-state index is 13.1. The normalized spacial score (nSPS) is 10.6. The van der Waals surface area contributed by atoms with Crippen LogP contribution in [0.25, 0.3) is 21.8 Å². The van der Waals surface area contributed by atoms with Crippen molar-refractivity contribution in [1.82, 2.24) is 4.98 Å². The zero-order valence-corrected chi connectivity index (χ0v) is 18.8. The molecule has 4 nitrogen and oxygen atoms in total. The Bertz CT molecular complexity index is 1430. The second-order valence-electron chi connectivity index (χ2n) is 7.52. The molecule has 0 radical (unpaired) electrons. The van der Waals surface area contributed by atoms with Crippen LogP contribution in [0.15, 0.2) is 109 Å². The number of carbonyl (C=O) groups excluding carboxylic acids is 1. The molecule has 1 heterocycles. The van der Waals surface area contributed by atoms with Gasteiger partial charge in [0.25, 0.3) is 5.91 Å². The maximum Gasteiger partial charge on any atom is 0.255 e. The third kappa shape index (κ3) is 5.03. The van der Waals surface area contributed by atoms with E-state index in [9.17, 15) is 9.18 Å². The number of carbonyl (C=O) groups is 1. The lowest BCUT2D eigenvalue weighted by Gasteiger charge is -2.09. The maximum atomic E-state index is 13.1. The molecule has 0 aliphatic carbocycles. The van der Waals surface area contributed by atoms with Gasteiger partial charge in [-0.25, -0.2) is 9.37 Å². The average Bonchev–Trinajstić information content (AvgIpc) is 3.37. The highest BCUT2D eigenvalue weighted by Gasteiger charge is 2.11. The Kier molecular flexibility index (Phi) is 6.14. The molecule has 1 aromatic heterocycles. The Labute approximate surface area is 200 Å². The van der Waals surface area contributed by atoms with Crippen molar-refractivity contribution in [2.75, 3.05) is 5.32 Å². The molecule has 34 heavy (non-hydrogen) atoms. The van der Waals surface area contributed by atoms with Crippen LogP contribution in [0.1, 0.15) is 10.4 Å². The van der Waals surface area contributed by atoms with E-state index in [0.717, 1.165) is 21.8 Å². The molecule has 0 atom stereocenters. The minimum atomic E-state index is -0.336. The predicted octanol–water partition coefficient (Wildman–Crippen LogP) is 7.66. The fraction of sp³-hybridized carbons (Fsp3) is 0. The Balaban J connectivity index is 1.31. The van der Waals surface area contributed by atoms with Gasteiger partial charge in [-0.1, -0.05) is 48.5 Å². The molecule has 0 bridgehead atoms. The average molecular weight is 467 g/mol. The van der Waals surface area contributed by atoms with Crippen molar-refractivity contribution >= 4 is 22.9 Å². The van der Waals surface area contributed by atoms with Crippen molar-refractivity contribution in [3.05, 3.63) is 120 Å². The number of benzene rings is 4. The van der Waals surface area contributed by atoms with Gasteiger partial charge in [0.1, 0.15) is 22.3 Å². The van der Waals surface area contributed by atoms with Crippen LogP contribution in [-0.2, 0) is 0 Å². The SMILES string of the molecule is O=C(Nc1cccc(-c2csc(-c3ccccc3)n2)c1)c1cccc(Oc2ccc(F)cc2)c1. The molecule has 0 unspecified atom stereocenters. The van der Waals surface area contributed by atoms with E-state index in [4.69, 9.17) is 9.72 Å². The summed E-state index contributed by atoms with van der Waals surface area (Å²) in [6.07, 6.45) is 0. The highest BCUT2D eigenvalue weighted by atomic mass is 32.1. The summed E-state index contributed by atoms with van der Waals surface area (Å²) in [5.41, 5.74) is 3.97. The molecule has 0 spiro atoms. The quantitative estimate of drug-likeness (QED) is 0.279. The molecule has 0 saturated heterocycles. The number of ether oxygens (including phenoxy) is 1. The highest BCUT2D eigenvalue weighted by molar-refractivity contribution is 7.13. The molecule has 1 N–H and O–H groups in total. The number of thiazole rings is 1. The first-order chi connectivity index (χ1) is 16.6. The molecular formula is C28H19FN2O2S. The standard InChI is InChI=1S/C28H19FN2O2S/c29-22-12-14-24(15-13-22)33-25-11-5-9-21(17-25)27(32)30-23-10-4-8-20(16-23)26-18-34-28(31-26)19-6-2-1-3-7-19/h1-18H,(H,30,32). The molecule has 0 saturated carbocycles. The van der Waals surface area contributed by atoms with Crippen molar-refractivity contribution in [3.8, 4) is 33.3 Å². The van der Waals surface area contributed by atoms with E-state index in [1.807, 2.05) is 60.0 Å². The summed E-state index contributed by atoms with van der Waals surface area (Å²) in [5.74, 6) is 0.385. The van der Waals surface area contributed by atoms with Gasteiger partial charge >= 0.3 is 0 Å². The molecule has 0 aliphatic heterocycles. The number of aromatic nitrogens is 1. The van der Waals surface area contributed by atoms with Crippen LogP contribution in [0.4, 0.5) is 10.1 Å². The third-order valence-corrected chi connectivity index (χ3v) is 5.98. The summed E-state index contributed by atoms with van der Waals surface area (Å²) in [4.78, 5) is 17.6. The first-order valence-corrected chi connectivity index (χ1v) is 11.5. The Morgan fingerprint density at radius 3 is 2.38 bits per heavy atom. The zero-order chi connectivity index (χ0) is 23.3. The monoisotopic (exact) mass is 466 g/mol.